The van der Waals surface area contributed by atoms with Crippen LogP contribution in [0.3, 0.4) is 0 Å². The molecule has 2 heterocycles. The zero-order valence-electron chi connectivity index (χ0n) is 14.6. The van der Waals surface area contributed by atoms with Crippen LogP contribution < -0.4 is 4.74 Å². The van der Waals surface area contributed by atoms with Gasteiger partial charge in [0.15, 0.2) is 5.75 Å². The van der Waals surface area contributed by atoms with Gasteiger partial charge in [0, 0.05) is 40.2 Å². The van der Waals surface area contributed by atoms with E-state index in [1.807, 2.05) is 19.2 Å². The topological polar surface area (TPSA) is 36.2 Å². The molecular weight excluding hydrogens is 472 g/mol. The van der Waals surface area contributed by atoms with E-state index in [0.29, 0.717) is 12.2 Å². The predicted octanol–water partition coefficient (Wildman–Crippen LogP) is 6.04. The van der Waals surface area contributed by atoms with Crippen LogP contribution >= 0.6 is 31.9 Å². The first-order chi connectivity index (χ1) is 13.0. The van der Waals surface area contributed by atoms with Gasteiger partial charge in [-0.15, -0.1) is 0 Å². The molecule has 0 saturated heterocycles. The number of benzene rings is 3. The van der Waals surface area contributed by atoms with Gasteiger partial charge in [-0.05, 0) is 58.4 Å². The van der Waals surface area contributed by atoms with E-state index in [0.717, 1.165) is 30.8 Å². The summed E-state index contributed by atoms with van der Waals surface area (Å²) in [7, 11) is 4.12. The highest BCUT2D eigenvalue weighted by Crippen LogP contribution is 2.42. The van der Waals surface area contributed by atoms with Crippen LogP contribution in [0.15, 0.2) is 51.4 Å². The van der Waals surface area contributed by atoms with Gasteiger partial charge in [0.05, 0.1) is 26.4 Å². The quantitative estimate of drug-likeness (QED) is 0.286. The van der Waals surface area contributed by atoms with Crippen molar-refractivity contribution < 1.29 is 9.53 Å². The molecule has 5 rings (SSSR count). The van der Waals surface area contributed by atoms with Crippen LogP contribution in [0.2, 0.25) is 0 Å². The first kappa shape index (κ1) is 16.8. The average Bonchev–Trinajstić information content (AvgIpc) is 3.09. The molecule has 0 fully saturated rings. The molecule has 0 radical (unpaired) electrons. The lowest BCUT2D eigenvalue weighted by molar-refractivity contribution is -0.120. The van der Waals surface area contributed by atoms with Crippen molar-refractivity contribution in [2.45, 2.75) is 0 Å². The Morgan fingerprint density at radius 2 is 1.48 bits per heavy atom. The lowest BCUT2D eigenvalue weighted by Crippen LogP contribution is -1.91. The Morgan fingerprint density at radius 1 is 0.815 bits per heavy atom. The molecule has 2 aromatic heterocycles. The number of hydrogen-bond acceptors (Lipinski definition) is 2. The summed E-state index contributed by atoms with van der Waals surface area (Å²) in [6, 6.07) is 14.7. The summed E-state index contributed by atoms with van der Waals surface area (Å²) in [6.07, 6.45) is 0. The summed E-state index contributed by atoms with van der Waals surface area (Å²) < 4.78 is 11.5. The van der Waals surface area contributed by atoms with E-state index < -0.39 is 0 Å². The smallest absolute Gasteiger partial charge is 0.298 e. The standard InChI is InChI=1S/C21H14Br2N2O2/c1-24-16-5-3-11(22)7-12(16)13-8-14-19(9-18(13)24)25(2)17-6-4-15(23)21(20(14)17)27-10-26/h3-10H,1-2H3. The molecular formula is C21H14Br2N2O2. The minimum absolute atomic E-state index is 0.478. The van der Waals surface area contributed by atoms with E-state index in [-0.39, 0.29) is 0 Å². The lowest BCUT2D eigenvalue weighted by Gasteiger charge is -2.04. The number of ether oxygens (including phenoxy) is 1. The molecule has 0 N–H and O–H groups in total. The summed E-state index contributed by atoms with van der Waals surface area (Å²) in [4.78, 5) is 11.1. The van der Waals surface area contributed by atoms with Crippen molar-refractivity contribution in [3.05, 3.63) is 51.4 Å². The maximum atomic E-state index is 11.1. The van der Waals surface area contributed by atoms with Crippen LogP contribution in [-0.2, 0) is 18.9 Å². The minimum Gasteiger partial charge on any atom is -0.427 e. The summed E-state index contributed by atoms with van der Waals surface area (Å²) in [5.41, 5.74) is 4.46. The fraction of sp³-hybridized carbons (Fsp3) is 0.0952. The van der Waals surface area contributed by atoms with Crippen LogP contribution in [-0.4, -0.2) is 15.6 Å². The lowest BCUT2D eigenvalue weighted by atomic mass is 10.1. The Morgan fingerprint density at radius 3 is 2.26 bits per heavy atom. The van der Waals surface area contributed by atoms with Crippen molar-refractivity contribution in [1.82, 2.24) is 9.13 Å². The number of nitrogens with zero attached hydrogens (tertiary/aromatic N) is 2. The fourth-order valence-electron chi connectivity index (χ4n) is 4.07. The van der Waals surface area contributed by atoms with E-state index in [1.54, 1.807) is 0 Å². The predicted molar refractivity (Wildman–Crippen MR) is 117 cm³/mol. The summed E-state index contributed by atoms with van der Waals surface area (Å²) in [6.45, 7) is 0.478. The number of carbonyl (C=O) groups is 1. The first-order valence-corrected chi connectivity index (χ1v) is 9.98. The van der Waals surface area contributed by atoms with E-state index in [4.69, 9.17) is 4.74 Å². The SMILES string of the molecule is Cn1c2ccc(Br)cc2c2cc3c4c(OC=O)c(Br)ccc4n(C)c3cc21. The van der Waals surface area contributed by atoms with Gasteiger partial charge in [-0.3, -0.25) is 4.79 Å². The Bertz CT molecular complexity index is 1410. The second-order valence-corrected chi connectivity index (χ2v) is 8.42. The number of aryl methyl sites for hydroxylation is 2. The Balaban J connectivity index is 2.04. The zero-order valence-corrected chi connectivity index (χ0v) is 17.8. The van der Waals surface area contributed by atoms with Gasteiger partial charge in [-0.25, -0.2) is 0 Å². The number of fused-ring (bicyclic) bond motifs is 6. The molecule has 134 valence electrons. The molecule has 0 atom stereocenters. The summed E-state index contributed by atoms with van der Waals surface area (Å²) in [5.74, 6) is 0.550. The molecule has 0 amide bonds. The van der Waals surface area contributed by atoms with Gasteiger partial charge in [0.2, 0.25) is 0 Å². The van der Waals surface area contributed by atoms with Gasteiger partial charge in [0.1, 0.15) is 0 Å². The number of aromatic nitrogens is 2. The first-order valence-electron chi connectivity index (χ1n) is 8.40. The van der Waals surface area contributed by atoms with Gasteiger partial charge >= 0.3 is 0 Å². The highest BCUT2D eigenvalue weighted by atomic mass is 79.9. The van der Waals surface area contributed by atoms with Crippen LogP contribution in [0.5, 0.6) is 5.75 Å². The second kappa shape index (κ2) is 5.84. The van der Waals surface area contributed by atoms with E-state index in [9.17, 15) is 4.79 Å². The fourth-order valence-corrected chi connectivity index (χ4v) is 4.86. The third kappa shape index (κ3) is 2.23. The molecule has 4 nitrogen and oxygen atoms in total. The van der Waals surface area contributed by atoms with Crippen LogP contribution in [0.25, 0.3) is 43.6 Å². The van der Waals surface area contributed by atoms with Crippen molar-refractivity contribution in [2.75, 3.05) is 0 Å². The van der Waals surface area contributed by atoms with Crippen LogP contribution in [0, 0.1) is 0 Å². The minimum atomic E-state index is 0.478. The Kier molecular flexibility index (Phi) is 3.64. The Hall–Kier alpha value is -2.31. The number of rotatable bonds is 2. The number of carbonyl (C=O) groups excluding carboxylic acids is 1. The van der Waals surface area contributed by atoms with Crippen molar-refractivity contribution >= 4 is 81.9 Å². The van der Waals surface area contributed by atoms with Crippen LogP contribution in [0.4, 0.5) is 0 Å². The molecule has 6 heteroatoms. The van der Waals surface area contributed by atoms with E-state index in [1.165, 1.54) is 21.8 Å². The van der Waals surface area contributed by atoms with Gasteiger partial charge in [-0.2, -0.15) is 0 Å². The zero-order chi connectivity index (χ0) is 18.9. The monoisotopic (exact) mass is 484 g/mol. The van der Waals surface area contributed by atoms with Gasteiger partial charge in [-0.1, -0.05) is 15.9 Å². The molecule has 27 heavy (non-hydrogen) atoms. The molecule has 5 aromatic rings. The van der Waals surface area contributed by atoms with Gasteiger partial charge in [0.25, 0.3) is 6.47 Å². The summed E-state index contributed by atoms with van der Waals surface area (Å²) >= 11 is 7.10. The average molecular weight is 486 g/mol. The second-order valence-electron chi connectivity index (χ2n) is 6.65. The molecule has 0 spiro atoms. The largest absolute Gasteiger partial charge is 0.427 e. The van der Waals surface area contributed by atoms with Crippen LogP contribution in [0.1, 0.15) is 0 Å². The molecule has 0 aliphatic carbocycles. The van der Waals surface area contributed by atoms with Crippen molar-refractivity contribution in [3.63, 3.8) is 0 Å². The maximum absolute atomic E-state index is 11.1. The van der Waals surface area contributed by atoms with Crippen molar-refractivity contribution in [2.24, 2.45) is 14.1 Å². The molecule has 0 saturated carbocycles. The van der Waals surface area contributed by atoms with Gasteiger partial charge < -0.3 is 13.9 Å². The number of halogens is 2. The normalized spacial score (nSPS) is 11.9. The number of hydrogen-bond donors (Lipinski definition) is 0. The van der Waals surface area contributed by atoms with E-state index in [2.05, 4.69) is 78.4 Å². The third-order valence-corrected chi connectivity index (χ3v) is 6.45. The van der Waals surface area contributed by atoms with Crippen molar-refractivity contribution in [3.8, 4) is 5.75 Å². The molecule has 0 bridgehead atoms. The highest BCUT2D eigenvalue weighted by molar-refractivity contribution is 9.10. The highest BCUT2D eigenvalue weighted by Gasteiger charge is 2.18. The third-order valence-electron chi connectivity index (χ3n) is 5.33. The molecule has 0 unspecified atom stereocenters. The molecule has 3 aromatic carbocycles. The Labute approximate surface area is 171 Å². The molecule has 0 aliphatic rings. The van der Waals surface area contributed by atoms with Crippen molar-refractivity contribution in [1.29, 1.82) is 0 Å². The molecule has 0 aliphatic heterocycles. The van der Waals surface area contributed by atoms with E-state index >= 15 is 0 Å². The summed E-state index contributed by atoms with van der Waals surface area (Å²) in [5, 5.41) is 4.35. The maximum Gasteiger partial charge on any atom is 0.298 e.